The van der Waals surface area contributed by atoms with Crippen LogP contribution >= 0.6 is 0 Å². The predicted octanol–water partition coefficient (Wildman–Crippen LogP) is 5.48. The standard InChI is InChI=1S/C27H31N3O4/c1-5-33-24-17-23(30-27(32)20-13-8-7-9-14-20)25(34-6-2)16-22(24)28-19(4)26(31)29-21-15-11-10-12-18(21)3/h7-17,19,28H,5-6H2,1-4H3,(H,29,31)(H,30,32). The normalized spacial score (nSPS) is 11.3. The number of aryl methyl sites for hydroxylation is 1. The molecule has 1 unspecified atom stereocenters. The Morgan fingerprint density at radius 3 is 2.03 bits per heavy atom. The van der Waals surface area contributed by atoms with Crippen LogP contribution in [0.4, 0.5) is 17.1 Å². The second kappa shape index (κ2) is 11.7. The summed E-state index contributed by atoms with van der Waals surface area (Å²) in [5.41, 5.74) is 3.36. The second-order valence-electron chi connectivity index (χ2n) is 7.70. The lowest BCUT2D eigenvalue weighted by Gasteiger charge is -2.21. The van der Waals surface area contributed by atoms with Crippen molar-refractivity contribution in [2.45, 2.75) is 33.7 Å². The van der Waals surface area contributed by atoms with Crippen molar-refractivity contribution in [3.8, 4) is 11.5 Å². The molecule has 0 radical (unpaired) electrons. The quantitative estimate of drug-likeness (QED) is 0.372. The van der Waals surface area contributed by atoms with E-state index in [0.29, 0.717) is 41.7 Å². The lowest BCUT2D eigenvalue weighted by molar-refractivity contribution is -0.116. The SMILES string of the molecule is CCOc1cc(NC(C)C(=O)Nc2ccccc2C)c(OCC)cc1NC(=O)c1ccccc1. The lowest BCUT2D eigenvalue weighted by Crippen LogP contribution is -2.32. The van der Waals surface area contributed by atoms with Crippen LogP contribution in [0.2, 0.25) is 0 Å². The summed E-state index contributed by atoms with van der Waals surface area (Å²) in [4.78, 5) is 25.5. The predicted molar refractivity (Wildman–Crippen MR) is 136 cm³/mol. The van der Waals surface area contributed by atoms with Crippen molar-refractivity contribution in [1.29, 1.82) is 0 Å². The van der Waals surface area contributed by atoms with Gasteiger partial charge < -0.3 is 25.4 Å². The van der Waals surface area contributed by atoms with Crippen molar-refractivity contribution >= 4 is 28.9 Å². The summed E-state index contributed by atoms with van der Waals surface area (Å²) < 4.78 is 11.6. The Morgan fingerprint density at radius 2 is 1.38 bits per heavy atom. The first-order valence-electron chi connectivity index (χ1n) is 11.4. The lowest BCUT2D eigenvalue weighted by atomic mass is 10.1. The number of para-hydroxylation sites is 1. The number of amides is 2. The molecule has 0 fully saturated rings. The van der Waals surface area contributed by atoms with E-state index < -0.39 is 6.04 Å². The fourth-order valence-corrected chi connectivity index (χ4v) is 3.36. The molecule has 0 aliphatic heterocycles. The Morgan fingerprint density at radius 1 is 0.794 bits per heavy atom. The third-order valence-corrected chi connectivity index (χ3v) is 5.13. The van der Waals surface area contributed by atoms with Gasteiger partial charge >= 0.3 is 0 Å². The summed E-state index contributed by atoms with van der Waals surface area (Å²) in [6.45, 7) is 8.28. The number of hydrogen-bond donors (Lipinski definition) is 3. The first-order valence-corrected chi connectivity index (χ1v) is 11.4. The molecule has 178 valence electrons. The minimum absolute atomic E-state index is 0.184. The molecule has 0 aliphatic rings. The minimum atomic E-state index is -0.557. The summed E-state index contributed by atoms with van der Waals surface area (Å²) in [6, 6.07) is 19.5. The highest BCUT2D eigenvalue weighted by atomic mass is 16.5. The molecule has 1 atom stereocenters. The van der Waals surface area contributed by atoms with Crippen molar-refractivity contribution in [2.24, 2.45) is 0 Å². The van der Waals surface area contributed by atoms with Crippen LogP contribution in [0, 0.1) is 6.92 Å². The average molecular weight is 462 g/mol. The molecule has 0 saturated carbocycles. The highest BCUT2D eigenvalue weighted by Crippen LogP contribution is 2.37. The number of anilines is 3. The van der Waals surface area contributed by atoms with Gasteiger partial charge in [0, 0.05) is 23.4 Å². The Hall–Kier alpha value is -4.00. The molecular formula is C27H31N3O4. The number of ether oxygens (including phenoxy) is 2. The van der Waals surface area contributed by atoms with Crippen molar-refractivity contribution in [3.05, 3.63) is 77.9 Å². The summed E-state index contributed by atoms with van der Waals surface area (Å²) >= 11 is 0. The molecule has 7 nitrogen and oxygen atoms in total. The number of carbonyl (C=O) groups is 2. The number of rotatable bonds is 10. The first-order chi connectivity index (χ1) is 16.4. The van der Waals surface area contributed by atoms with E-state index in [1.807, 2.05) is 51.1 Å². The van der Waals surface area contributed by atoms with Crippen molar-refractivity contribution in [1.82, 2.24) is 0 Å². The van der Waals surface area contributed by atoms with Crippen molar-refractivity contribution < 1.29 is 19.1 Å². The minimum Gasteiger partial charge on any atom is -0.492 e. The number of carbonyl (C=O) groups excluding carboxylic acids is 2. The number of nitrogens with one attached hydrogen (secondary N) is 3. The van der Waals surface area contributed by atoms with E-state index in [2.05, 4.69) is 16.0 Å². The van der Waals surface area contributed by atoms with Gasteiger partial charge in [0.25, 0.3) is 5.91 Å². The fourth-order valence-electron chi connectivity index (χ4n) is 3.36. The Labute approximate surface area is 200 Å². The van der Waals surface area contributed by atoms with Gasteiger partial charge in [-0.3, -0.25) is 9.59 Å². The molecule has 3 N–H and O–H groups in total. The van der Waals surface area contributed by atoms with Crippen LogP contribution in [0.25, 0.3) is 0 Å². The van der Waals surface area contributed by atoms with E-state index in [0.717, 1.165) is 11.3 Å². The molecule has 0 spiro atoms. The van der Waals surface area contributed by atoms with Crippen LogP contribution in [0.3, 0.4) is 0 Å². The van der Waals surface area contributed by atoms with E-state index in [9.17, 15) is 9.59 Å². The van der Waals surface area contributed by atoms with E-state index in [1.54, 1.807) is 43.3 Å². The molecular weight excluding hydrogens is 430 g/mol. The molecule has 3 aromatic carbocycles. The first kappa shape index (κ1) is 24.6. The zero-order chi connectivity index (χ0) is 24.5. The van der Waals surface area contributed by atoms with Gasteiger partial charge in [-0.25, -0.2) is 0 Å². The molecule has 7 heteroatoms. The van der Waals surface area contributed by atoms with E-state index in [-0.39, 0.29) is 11.8 Å². The molecule has 3 rings (SSSR count). The van der Waals surface area contributed by atoms with E-state index >= 15 is 0 Å². The molecule has 0 saturated heterocycles. The monoisotopic (exact) mass is 461 g/mol. The molecule has 0 bridgehead atoms. The molecule has 0 aliphatic carbocycles. The zero-order valence-corrected chi connectivity index (χ0v) is 20.0. The molecule has 2 amide bonds. The van der Waals surface area contributed by atoms with Gasteiger partial charge in [0.15, 0.2) is 0 Å². The van der Waals surface area contributed by atoms with Crippen LogP contribution in [0.15, 0.2) is 66.7 Å². The summed E-state index contributed by atoms with van der Waals surface area (Å²) in [7, 11) is 0. The number of hydrogen-bond acceptors (Lipinski definition) is 5. The second-order valence-corrected chi connectivity index (χ2v) is 7.70. The van der Waals surface area contributed by atoms with Gasteiger partial charge in [0.2, 0.25) is 5.91 Å². The van der Waals surface area contributed by atoms with Crippen LogP contribution in [0.1, 0.15) is 36.7 Å². The van der Waals surface area contributed by atoms with Gasteiger partial charge in [0.05, 0.1) is 24.6 Å². The molecule has 34 heavy (non-hydrogen) atoms. The van der Waals surface area contributed by atoms with Crippen LogP contribution in [0.5, 0.6) is 11.5 Å². The van der Waals surface area contributed by atoms with Crippen molar-refractivity contribution in [3.63, 3.8) is 0 Å². The summed E-state index contributed by atoms with van der Waals surface area (Å²) in [6.07, 6.45) is 0. The van der Waals surface area contributed by atoms with Crippen LogP contribution in [-0.2, 0) is 4.79 Å². The summed E-state index contributed by atoms with van der Waals surface area (Å²) in [5, 5.41) is 9.06. The Kier molecular flexibility index (Phi) is 8.51. The molecule has 0 heterocycles. The Balaban J connectivity index is 1.84. The van der Waals surface area contributed by atoms with Gasteiger partial charge in [-0.05, 0) is 51.5 Å². The van der Waals surface area contributed by atoms with Crippen LogP contribution in [-0.4, -0.2) is 31.1 Å². The van der Waals surface area contributed by atoms with Gasteiger partial charge in [-0.2, -0.15) is 0 Å². The van der Waals surface area contributed by atoms with Crippen molar-refractivity contribution in [2.75, 3.05) is 29.2 Å². The summed E-state index contributed by atoms with van der Waals surface area (Å²) in [5.74, 6) is 0.543. The maximum Gasteiger partial charge on any atom is 0.255 e. The molecule has 0 aromatic heterocycles. The maximum atomic E-state index is 12.8. The maximum absolute atomic E-state index is 12.8. The van der Waals surface area contributed by atoms with E-state index in [1.165, 1.54) is 0 Å². The molecule has 3 aromatic rings. The average Bonchev–Trinajstić information content (AvgIpc) is 2.83. The highest BCUT2D eigenvalue weighted by Gasteiger charge is 2.19. The van der Waals surface area contributed by atoms with Gasteiger partial charge in [-0.1, -0.05) is 36.4 Å². The zero-order valence-electron chi connectivity index (χ0n) is 20.0. The number of benzene rings is 3. The van der Waals surface area contributed by atoms with Crippen LogP contribution < -0.4 is 25.4 Å². The van der Waals surface area contributed by atoms with E-state index in [4.69, 9.17) is 9.47 Å². The third kappa shape index (κ3) is 6.28. The largest absolute Gasteiger partial charge is 0.492 e. The third-order valence-electron chi connectivity index (χ3n) is 5.13. The Bertz CT molecular complexity index is 1130. The highest BCUT2D eigenvalue weighted by molar-refractivity contribution is 6.05. The van der Waals surface area contributed by atoms with Gasteiger partial charge in [0.1, 0.15) is 17.5 Å². The fraction of sp³-hybridized carbons (Fsp3) is 0.259. The van der Waals surface area contributed by atoms with Gasteiger partial charge in [-0.15, -0.1) is 0 Å². The topological polar surface area (TPSA) is 88.7 Å². The smallest absolute Gasteiger partial charge is 0.255 e.